The van der Waals surface area contributed by atoms with Crippen LogP contribution in [0.15, 0.2) is 12.3 Å². The Balaban J connectivity index is 2.32. The molecule has 3 N–H and O–H groups in total. The molecule has 0 bridgehead atoms. The number of piperazine rings is 1. The molecular weight excluding hydrogens is 226 g/mol. The quantitative estimate of drug-likeness (QED) is 0.645. The van der Waals surface area contributed by atoms with Crippen LogP contribution in [0.3, 0.4) is 0 Å². The van der Waals surface area contributed by atoms with Gasteiger partial charge in [-0.05, 0) is 6.07 Å². The van der Waals surface area contributed by atoms with Crippen LogP contribution < -0.4 is 16.0 Å². The third-order valence-corrected chi connectivity index (χ3v) is 2.52. The molecule has 0 saturated carbocycles. The summed E-state index contributed by atoms with van der Waals surface area (Å²) in [5.74, 6) is 0.538. The number of hydrogen-bond acceptors (Lipinski definition) is 5. The number of hydrogen-bond donors (Lipinski definition) is 2. The van der Waals surface area contributed by atoms with E-state index in [0.717, 1.165) is 0 Å². The fraction of sp³-hybridized carbons (Fsp3) is 0.333. The molecular formula is C9H11N5OS. The van der Waals surface area contributed by atoms with Crippen LogP contribution in [0.2, 0.25) is 0 Å². The number of carbonyl (C=O) groups is 1. The molecule has 0 aliphatic carbocycles. The molecule has 0 radical (unpaired) electrons. The molecule has 0 unspecified atom stereocenters. The van der Waals surface area contributed by atoms with Crippen molar-refractivity contribution in [1.82, 2.24) is 15.5 Å². The third-order valence-electron chi connectivity index (χ3n) is 2.30. The second-order valence-corrected chi connectivity index (χ2v) is 3.84. The Hall–Kier alpha value is -1.76. The second-order valence-electron chi connectivity index (χ2n) is 3.40. The molecule has 2 heterocycles. The predicted octanol–water partition coefficient (Wildman–Crippen LogP) is -0.953. The normalized spacial score (nSPS) is 15.8. The zero-order valence-electron chi connectivity index (χ0n) is 8.51. The number of carbonyl (C=O) groups excluding carboxylic acids is 1. The first-order chi connectivity index (χ1) is 7.68. The number of nitrogens with zero attached hydrogens (tertiary/aromatic N) is 3. The van der Waals surface area contributed by atoms with Gasteiger partial charge in [0.1, 0.15) is 4.99 Å². The number of rotatable bonds is 2. The lowest BCUT2D eigenvalue weighted by atomic mass is 10.2. The first-order valence-electron chi connectivity index (χ1n) is 4.81. The fourth-order valence-electron chi connectivity index (χ4n) is 1.57. The van der Waals surface area contributed by atoms with Crippen LogP contribution in [0.25, 0.3) is 0 Å². The lowest BCUT2D eigenvalue weighted by Gasteiger charge is -2.28. The van der Waals surface area contributed by atoms with Gasteiger partial charge >= 0.3 is 0 Å². The van der Waals surface area contributed by atoms with Gasteiger partial charge in [-0.15, -0.1) is 5.10 Å². The van der Waals surface area contributed by atoms with Gasteiger partial charge in [0.25, 0.3) is 0 Å². The van der Waals surface area contributed by atoms with Crippen molar-refractivity contribution in [3.8, 4) is 0 Å². The molecule has 1 saturated heterocycles. The highest BCUT2D eigenvalue weighted by molar-refractivity contribution is 7.80. The summed E-state index contributed by atoms with van der Waals surface area (Å²) in [6.07, 6.45) is 1.53. The van der Waals surface area contributed by atoms with E-state index in [1.54, 1.807) is 6.07 Å². The Labute approximate surface area is 97.8 Å². The van der Waals surface area contributed by atoms with Gasteiger partial charge in [0, 0.05) is 13.1 Å². The maximum atomic E-state index is 11.3. The molecule has 1 fully saturated rings. The van der Waals surface area contributed by atoms with Crippen molar-refractivity contribution in [2.24, 2.45) is 5.73 Å². The van der Waals surface area contributed by atoms with Crippen LogP contribution in [0.1, 0.15) is 5.56 Å². The number of amides is 1. The summed E-state index contributed by atoms with van der Waals surface area (Å²) < 4.78 is 0. The molecule has 2 rings (SSSR count). The number of nitrogens with one attached hydrogen (secondary N) is 1. The summed E-state index contributed by atoms with van der Waals surface area (Å²) >= 11 is 4.93. The summed E-state index contributed by atoms with van der Waals surface area (Å²) in [6.45, 7) is 1.53. The largest absolute Gasteiger partial charge is 0.389 e. The molecule has 1 aromatic heterocycles. The van der Waals surface area contributed by atoms with E-state index in [0.29, 0.717) is 24.5 Å². The maximum Gasteiger partial charge on any atom is 0.239 e. The van der Waals surface area contributed by atoms with Crippen molar-refractivity contribution in [3.63, 3.8) is 0 Å². The summed E-state index contributed by atoms with van der Waals surface area (Å²) in [4.78, 5) is 13.3. The Morgan fingerprint density at radius 3 is 3.12 bits per heavy atom. The highest BCUT2D eigenvalue weighted by Gasteiger charge is 2.20. The molecule has 0 atom stereocenters. The highest BCUT2D eigenvalue weighted by Crippen LogP contribution is 2.16. The molecule has 1 aliphatic rings. The summed E-state index contributed by atoms with van der Waals surface area (Å²) in [7, 11) is 0. The summed E-state index contributed by atoms with van der Waals surface area (Å²) in [5.41, 5.74) is 6.24. The van der Waals surface area contributed by atoms with Crippen LogP contribution >= 0.6 is 12.2 Å². The van der Waals surface area contributed by atoms with Crippen LogP contribution in [0, 0.1) is 0 Å². The zero-order valence-corrected chi connectivity index (χ0v) is 9.33. The topological polar surface area (TPSA) is 84.1 Å². The molecule has 16 heavy (non-hydrogen) atoms. The van der Waals surface area contributed by atoms with Gasteiger partial charge in [-0.25, -0.2) is 0 Å². The van der Waals surface area contributed by atoms with E-state index in [4.69, 9.17) is 18.0 Å². The minimum atomic E-state index is -0.0363. The standard InChI is InChI=1S/C9H11N5OS/c10-8(16)6-1-2-12-13-9(6)14-4-3-11-7(15)5-14/h1-2H,3-5H2,(H2,10,16)(H,11,15). The number of nitrogens with two attached hydrogens (primary N) is 1. The van der Waals surface area contributed by atoms with E-state index in [1.807, 2.05) is 4.90 Å². The van der Waals surface area contributed by atoms with E-state index < -0.39 is 0 Å². The highest BCUT2D eigenvalue weighted by atomic mass is 32.1. The van der Waals surface area contributed by atoms with E-state index in [9.17, 15) is 4.79 Å². The first-order valence-corrected chi connectivity index (χ1v) is 5.22. The SMILES string of the molecule is NC(=S)c1ccnnc1N1CCNC(=O)C1. The Morgan fingerprint density at radius 1 is 1.62 bits per heavy atom. The van der Waals surface area contributed by atoms with E-state index in [1.165, 1.54) is 6.20 Å². The summed E-state index contributed by atoms with van der Waals surface area (Å²) in [5, 5.41) is 10.5. The lowest BCUT2D eigenvalue weighted by molar-refractivity contribution is -0.120. The molecule has 7 heteroatoms. The first kappa shape index (κ1) is 10.7. The molecule has 0 spiro atoms. The van der Waals surface area contributed by atoms with Crippen LogP contribution in [0.4, 0.5) is 5.82 Å². The second kappa shape index (κ2) is 4.40. The van der Waals surface area contributed by atoms with Crippen molar-refractivity contribution in [3.05, 3.63) is 17.8 Å². The minimum Gasteiger partial charge on any atom is -0.389 e. The zero-order chi connectivity index (χ0) is 11.5. The number of thiocarbonyl (C=S) groups is 1. The Bertz CT molecular complexity index is 436. The van der Waals surface area contributed by atoms with Crippen molar-refractivity contribution in [1.29, 1.82) is 0 Å². The van der Waals surface area contributed by atoms with Crippen LogP contribution in [-0.4, -0.2) is 40.7 Å². The van der Waals surface area contributed by atoms with E-state index in [2.05, 4.69) is 15.5 Å². The molecule has 1 aromatic rings. The molecule has 6 nitrogen and oxygen atoms in total. The van der Waals surface area contributed by atoms with Crippen molar-refractivity contribution >= 4 is 28.9 Å². The predicted molar refractivity (Wildman–Crippen MR) is 63.1 cm³/mol. The van der Waals surface area contributed by atoms with E-state index in [-0.39, 0.29) is 17.4 Å². The Kier molecular flexibility index (Phi) is 2.95. The van der Waals surface area contributed by atoms with Gasteiger partial charge < -0.3 is 16.0 Å². The van der Waals surface area contributed by atoms with Gasteiger partial charge in [-0.2, -0.15) is 5.10 Å². The van der Waals surface area contributed by atoms with E-state index >= 15 is 0 Å². The van der Waals surface area contributed by atoms with Gasteiger partial charge in [-0.1, -0.05) is 12.2 Å². The monoisotopic (exact) mass is 237 g/mol. The number of anilines is 1. The molecule has 84 valence electrons. The number of aromatic nitrogens is 2. The lowest BCUT2D eigenvalue weighted by Crippen LogP contribution is -2.48. The van der Waals surface area contributed by atoms with Crippen LogP contribution in [-0.2, 0) is 4.79 Å². The average Bonchev–Trinajstić information content (AvgIpc) is 2.29. The van der Waals surface area contributed by atoms with Gasteiger partial charge in [0.15, 0.2) is 5.82 Å². The van der Waals surface area contributed by atoms with Crippen molar-refractivity contribution in [2.75, 3.05) is 24.5 Å². The third kappa shape index (κ3) is 2.08. The van der Waals surface area contributed by atoms with Crippen LogP contribution in [0.5, 0.6) is 0 Å². The van der Waals surface area contributed by atoms with Gasteiger partial charge in [-0.3, -0.25) is 4.79 Å². The molecule has 1 aliphatic heterocycles. The fourth-order valence-corrected chi connectivity index (χ4v) is 1.73. The van der Waals surface area contributed by atoms with Gasteiger partial charge in [0.2, 0.25) is 5.91 Å². The van der Waals surface area contributed by atoms with Crippen molar-refractivity contribution in [2.45, 2.75) is 0 Å². The Morgan fingerprint density at radius 2 is 2.44 bits per heavy atom. The average molecular weight is 237 g/mol. The van der Waals surface area contributed by atoms with Gasteiger partial charge in [0.05, 0.1) is 18.3 Å². The molecule has 0 aromatic carbocycles. The summed E-state index contributed by atoms with van der Waals surface area (Å²) in [6, 6.07) is 1.71. The molecule has 1 amide bonds. The minimum absolute atomic E-state index is 0.0363. The maximum absolute atomic E-state index is 11.3. The smallest absolute Gasteiger partial charge is 0.239 e. The van der Waals surface area contributed by atoms with Crippen molar-refractivity contribution < 1.29 is 4.79 Å².